The van der Waals surface area contributed by atoms with Crippen molar-refractivity contribution >= 4 is 44.5 Å². The average molecular weight is 304 g/mol. The Balaban J connectivity index is 2.30. The van der Waals surface area contributed by atoms with Gasteiger partial charge in [-0.1, -0.05) is 0 Å². The fourth-order valence-electron chi connectivity index (χ4n) is 1.79. The largest absolute Gasteiger partial charge is 0.610 e. The molecule has 3 rings (SSSR count). The Kier molecular flexibility index (Phi) is 2.71. The maximum absolute atomic E-state index is 12.2. The second kappa shape index (κ2) is 3.93. The molecule has 1 atom stereocenters. The van der Waals surface area contributed by atoms with Crippen LogP contribution in [0.15, 0.2) is 9.13 Å². The summed E-state index contributed by atoms with van der Waals surface area (Å²) >= 11 is 6.31. The molecular formula is C10H10ClN3O2S2. The van der Waals surface area contributed by atoms with Crippen molar-refractivity contribution in [1.29, 1.82) is 0 Å². The van der Waals surface area contributed by atoms with E-state index in [4.69, 9.17) is 11.6 Å². The lowest BCUT2D eigenvalue weighted by molar-refractivity contribution is 0.600. The van der Waals surface area contributed by atoms with Crippen molar-refractivity contribution < 1.29 is 4.55 Å². The van der Waals surface area contributed by atoms with Crippen LogP contribution in [0.5, 0.6) is 0 Å². The minimum Gasteiger partial charge on any atom is -0.610 e. The Morgan fingerprint density at radius 1 is 1.50 bits per heavy atom. The molecule has 5 nitrogen and oxygen atoms in total. The summed E-state index contributed by atoms with van der Waals surface area (Å²) < 4.78 is 13.3. The molecule has 0 N–H and O–H groups in total. The van der Waals surface area contributed by atoms with Crippen LogP contribution >= 0.6 is 22.9 Å². The lowest BCUT2D eigenvalue weighted by atomic mass is 10.3. The third-order valence-electron chi connectivity index (χ3n) is 2.96. The van der Waals surface area contributed by atoms with Crippen molar-refractivity contribution in [2.75, 3.05) is 6.26 Å². The van der Waals surface area contributed by atoms with Gasteiger partial charge < -0.3 is 4.55 Å². The van der Waals surface area contributed by atoms with Crippen molar-refractivity contribution in [2.24, 2.45) is 7.05 Å². The number of nitrogens with zero attached hydrogens (tertiary/aromatic N) is 3. The van der Waals surface area contributed by atoms with Gasteiger partial charge in [0.2, 0.25) is 0 Å². The topological polar surface area (TPSA) is 70.8 Å². The highest BCUT2D eigenvalue weighted by Gasteiger charge is 2.46. The molecular weight excluding hydrogens is 294 g/mol. The van der Waals surface area contributed by atoms with Crippen molar-refractivity contribution in [2.45, 2.75) is 22.1 Å². The van der Waals surface area contributed by atoms with Crippen LogP contribution in [-0.4, -0.2) is 25.3 Å². The number of fused-ring (bicyclic) bond motifs is 1. The number of halogens is 1. The summed E-state index contributed by atoms with van der Waals surface area (Å²) in [5.74, 6) is 0.582. The molecule has 0 amide bonds. The van der Waals surface area contributed by atoms with Crippen LogP contribution in [0, 0.1) is 0 Å². The number of hydrogen-bond acceptors (Lipinski definition) is 5. The molecule has 96 valence electrons. The summed E-state index contributed by atoms with van der Waals surface area (Å²) in [4.78, 5) is 20.7. The van der Waals surface area contributed by atoms with Gasteiger partial charge in [-0.2, -0.15) is 4.98 Å². The van der Waals surface area contributed by atoms with Crippen molar-refractivity contribution in [3.63, 3.8) is 0 Å². The molecule has 1 fully saturated rings. The summed E-state index contributed by atoms with van der Waals surface area (Å²) in [5, 5.41) is 0. The summed E-state index contributed by atoms with van der Waals surface area (Å²) in [7, 11) is 1.65. The van der Waals surface area contributed by atoms with Crippen LogP contribution < -0.4 is 5.56 Å². The summed E-state index contributed by atoms with van der Waals surface area (Å²) in [6, 6.07) is 0. The maximum atomic E-state index is 12.2. The van der Waals surface area contributed by atoms with Gasteiger partial charge in [0.1, 0.15) is 17.0 Å². The van der Waals surface area contributed by atoms with E-state index >= 15 is 0 Å². The van der Waals surface area contributed by atoms with E-state index in [9.17, 15) is 9.35 Å². The molecule has 1 unspecified atom stereocenters. The molecule has 0 spiro atoms. The van der Waals surface area contributed by atoms with E-state index in [1.807, 2.05) is 0 Å². The SMILES string of the molecule is Cn1c(C2(Cl)CC2)nc2sc([S+](C)[O-])nc2c1=O. The van der Waals surface area contributed by atoms with Crippen LogP contribution in [-0.2, 0) is 23.1 Å². The highest BCUT2D eigenvalue weighted by atomic mass is 35.5. The van der Waals surface area contributed by atoms with Gasteiger partial charge in [-0.3, -0.25) is 9.36 Å². The summed E-state index contributed by atoms with van der Waals surface area (Å²) in [6.45, 7) is 0. The van der Waals surface area contributed by atoms with E-state index < -0.39 is 16.1 Å². The van der Waals surface area contributed by atoms with Crippen LogP contribution in [0.1, 0.15) is 18.7 Å². The van der Waals surface area contributed by atoms with Crippen molar-refractivity contribution in [1.82, 2.24) is 14.5 Å². The highest BCUT2D eigenvalue weighted by molar-refractivity contribution is 7.92. The van der Waals surface area contributed by atoms with Gasteiger partial charge >= 0.3 is 4.34 Å². The number of rotatable bonds is 2. The third-order valence-corrected chi connectivity index (χ3v) is 5.79. The number of aromatic nitrogens is 3. The molecule has 0 bridgehead atoms. The smallest absolute Gasteiger partial charge is 0.304 e. The van der Waals surface area contributed by atoms with Gasteiger partial charge in [0.05, 0.1) is 0 Å². The highest BCUT2D eigenvalue weighted by Crippen LogP contribution is 2.51. The second-order valence-electron chi connectivity index (χ2n) is 4.35. The van der Waals surface area contributed by atoms with Gasteiger partial charge in [-0.15, -0.1) is 11.6 Å². The quantitative estimate of drug-likeness (QED) is 0.620. The monoisotopic (exact) mass is 303 g/mol. The molecule has 0 aromatic carbocycles. The van der Waals surface area contributed by atoms with Crippen molar-refractivity contribution in [3.8, 4) is 0 Å². The lowest BCUT2D eigenvalue weighted by Crippen LogP contribution is -2.25. The first kappa shape index (κ1) is 12.4. The molecule has 0 aliphatic heterocycles. The van der Waals surface area contributed by atoms with Crippen LogP contribution in [0.3, 0.4) is 0 Å². The van der Waals surface area contributed by atoms with Gasteiger partial charge in [0.25, 0.3) is 5.56 Å². The second-order valence-corrected chi connectivity index (χ2v) is 7.61. The number of alkyl halides is 1. The first-order valence-electron chi connectivity index (χ1n) is 5.33. The predicted octanol–water partition coefficient (Wildman–Crippen LogP) is 1.36. The molecule has 2 heterocycles. The lowest BCUT2D eigenvalue weighted by Gasteiger charge is -2.10. The zero-order valence-electron chi connectivity index (χ0n) is 9.77. The molecule has 1 aliphatic rings. The van der Waals surface area contributed by atoms with Gasteiger partial charge in [0, 0.05) is 18.2 Å². The third kappa shape index (κ3) is 1.77. The van der Waals surface area contributed by atoms with Crippen LogP contribution in [0.25, 0.3) is 10.3 Å². The van der Waals surface area contributed by atoms with E-state index in [-0.39, 0.29) is 11.1 Å². The first-order chi connectivity index (χ1) is 8.42. The number of hydrogen-bond donors (Lipinski definition) is 0. The fraction of sp³-hybridized carbons (Fsp3) is 0.500. The number of thiazole rings is 1. The minimum atomic E-state index is -1.20. The molecule has 18 heavy (non-hydrogen) atoms. The van der Waals surface area contributed by atoms with E-state index in [1.165, 1.54) is 22.2 Å². The molecule has 0 saturated heterocycles. The van der Waals surface area contributed by atoms with Gasteiger partial charge in [-0.05, 0) is 24.2 Å². The van der Waals surface area contributed by atoms with Crippen molar-refractivity contribution in [3.05, 3.63) is 16.2 Å². The normalized spacial score (nSPS) is 19.1. The van der Waals surface area contributed by atoms with Gasteiger partial charge in [-0.25, -0.2) is 4.98 Å². The Hall–Kier alpha value is -0.630. The molecule has 1 aliphatic carbocycles. The van der Waals surface area contributed by atoms with Crippen LogP contribution in [0.4, 0.5) is 0 Å². The van der Waals surface area contributed by atoms with E-state index in [0.717, 1.165) is 12.8 Å². The minimum absolute atomic E-state index is 0.227. The maximum Gasteiger partial charge on any atom is 0.304 e. The van der Waals surface area contributed by atoms with E-state index in [0.29, 0.717) is 15.0 Å². The summed E-state index contributed by atoms with van der Waals surface area (Å²) in [6.07, 6.45) is 3.18. The Morgan fingerprint density at radius 3 is 2.72 bits per heavy atom. The van der Waals surface area contributed by atoms with Gasteiger partial charge in [0.15, 0.2) is 10.3 Å². The molecule has 8 heteroatoms. The fourth-order valence-corrected chi connectivity index (χ4v) is 3.64. The van der Waals surface area contributed by atoms with E-state index in [2.05, 4.69) is 9.97 Å². The predicted molar refractivity (Wildman–Crippen MR) is 71.8 cm³/mol. The zero-order chi connectivity index (χ0) is 13.1. The Morgan fingerprint density at radius 2 is 2.17 bits per heavy atom. The van der Waals surface area contributed by atoms with Crippen LogP contribution in [0.2, 0.25) is 0 Å². The Bertz CT molecular complexity index is 690. The first-order valence-corrected chi connectivity index (χ1v) is 8.08. The Labute approximate surface area is 115 Å². The molecule has 2 aromatic heterocycles. The average Bonchev–Trinajstić information content (AvgIpc) is 2.91. The summed E-state index contributed by atoms with van der Waals surface area (Å²) in [5.41, 5.74) is 0.0484. The standard InChI is InChI=1S/C10H10ClN3O2S2/c1-14-7(15)5-6(17-9(12-5)18(2)16)13-8(14)10(11)3-4-10/h3-4H2,1-2H3. The van der Waals surface area contributed by atoms with E-state index in [1.54, 1.807) is 7.05 Å². The molecule has 1 saturated carbocycles. The zero-order valence-corrected chi connectivity index (χ0v) is 12.2. The molecule has 0 radical (unpaired) electrons. The molecule has 2 aromatic rings.